The second kappa shape index (κ2) is 7.45. The van der Waals surface area contributed by atoms with Gasteiger partial charge < -0.3 is 19.4 Å². The fraction of sp³-hybridized carbons (Fsp3) is 0.444. The largest absolute Gasteiger partial charge is 0.379 e. The molecule has 1 aliphatic heterocycles. The number of nitrogens with zero attached hydrogens (tertiary/aromatic N) is 6. The molecule has 142 valence electrons. The third-order valence-electron chi connectivity index (χ3n) is 4.94. The Morgan fingerprint density at radius 3 is 2.67 bits per heavy atom. The van der Waals surface area contributed by atoms with E-state index in [-0.39, 0.29) is 5.82 Å². The first-order valence-corrected chi connectivity index (χ1v) is 9.14. The number of rotatable bonds is 6. The molecule has 4 rings (SSSR count). The summed E-state index contributed by atoms with van der Waals surface area (Å²) in [5.41, 5.74) is 1.87. The molecule has 1 aromatic carbocycles. The Labute approximate surface area is 156 Å². The van der Waals surface area contributed by atoms with Gasteiger partial charge in [0, 0.05) is 26.2 Å². The second-order valence-electron chi connectivity index (χ2n) is 6.47. The summed E-state index contributed by atoms with van der Waals surface area (Å²) in [5.74, 6) is 1.18. The molecule has 1 fully saturated rings. The van der Waals surface area contributed by atoms with Crippen LogP contribution in [0, 0.1) is 10.1 Å². The molecular weight excluding hydrogens is 348 g/mol. The minimum atomic E-state index is -0.402. The first kappa shape index (κ1) is 17.6. The molecule has 0 unspecified atom stereocenters. The average Bonchev–Trinajstić information content (AvgIpc) is 3.28. The van der Waals surface area contributed by atoms with Gasteiger partial charge in [-0.3, -0.25) is 4.90 Å². The van der Waals surface area contributed by atoms with E-state index in [2.05, 4.69) is 14.5 Å². The normalized spacial score (nSPS) is 15.4. The van der Waals surface area contributed by atoms with Crippen LogP contribution in [0.2, 0.25) is 0 Å². The van der Waals surface area contributed by atoms with Gasteiger partial charge in [-0.1, -0.05) is 12.1 Å². The van der Waals surface area contributed by atoms with Crippen molar-refractivity contribution in [1.82, 2.24) is 24.0 Å². The van der Waals surface area contributed by atoms with E-state index in [9.17, 15) is 10.1 Å². The van der Waals surface area contributed by atoms with Crippen molar-refractivity contribution in [2.45, 2.75) is 20.0 Å². The summed E-state index contributed by atoms with van der Waals surface area (Å²) < 4.78 is 9.14. The van der Waals surface area contributed by atoms with Crippen LogP contribution in [0.4, 0.5) is 5.82 Å². The maximum Gasteiger partial charge on any atom is 0.343 e. The predicted molar refractivity (Wildman–Crippen MR) is 101 cm³/mol. The van der Waals surface area contributed by atoms with Gasteiger partial charge in [-0.15, -0.1) is 0 Å². The molecule has 0 N–H and O–H groups in total. The molecular formula is C18H22N6O3. The van der Waals surface area contributed by atoms with E-state index in [1.54, 1.807) is 4.57 Å². The number of hydrogen-bond donors (Lipinski definition) is 0. The van der Waals surface area contributed by atoms with Crippen molar-refractivity contribution < 1.29 is 9.66 Å². The maximum atomic E-state index is 11.3. The number of fused-ring (bicyclic) bond motifs is 1. The van der Waals surface area contributed by atoms with Crippen LogP contribution in [0.1, 0.15) is 6.92 Å². The van der Waals surface area contributed by atoms with Crippen LogP contribution in [-0.4, -0.2) is 61.8 Å². The van der Waals surface area contributed by atoms with Gasteiger partial charge in [0.25, 0.3) is 5.82 Å². The average molecular weight is 370 g/mol. The summed E-state index contributed by atoms with van der Waals surface area (Å²) in [5, 5.41) is 11.3. The molecule has 0 saturated carbocycles. The van der Waals surface area contributed by atoms with Gasteiger partial charge in [-0.05, 0) is 24.0 Å². The zero-order chi connectivity index (χ0) is 18.8. The predicted octanol–water partition coefficient (Wildman–Crippen LogP) is 2.16. The van der Waals surface area contributed by atoms with Crippen molar-refractivity contribution in [3.8, 4) is 11.6 Å². The van der Waals surface area contributed by atoms with Crippen LogP contribution in [0.15, 0.2) is 30.5 Å². The highest BCUT2D eigenvalue weighted by atomic mass is 16.6. The first-order chi connectivity index (χ1) is 13.2. The molecule has 2 aromatic heterocycles. The van der Waals surface area contributed by atoms with E-state index < -0.39 is 4.92 Å². The Morgan fingerprint density at radius 1 is 1.15 bits per heavy atom. The molecule has 1 aliphatic rings. The number of nitro groups is 1. The topological polar surface area (TPSA) is 91.2 Å². The Morgan fingerprint density at radius 2 is 1.93 bits per heavy atom. The molecule has 9 nitrogen and oxygen atoms in total. The number of para-hydroxylation sites is 2. The Balaban J connectivity index is 1.75. The van der Waals surface area contributed by atoms with E-state index in [0.29, 0.717) is 18.2 Å². The van der Waals surface area contributed by atoms with Crippen molar-refractivity contribution in [3.63, 3.8) is 0 Å². The van der Waals surface area contributed by atoms with Gasteiger partial charge >= 0.3 is 5.82 Å². The number of imidazole rings is 2. The number of ether oxygens (including phenoxy) is 1. The maximum absolute atomic E-state index is 11.3. The lowest BCUT2D eigenvalue weighted by Crippen LogP contribution is -2.38. The smallest absolute Gasteiger partial charge is 0.343 e. The molecule has 0 bridgehead atoms. The quantitative estimate of drug-likeness (QED) is 0.488. The lowest BCUT2D eigenvalue weighted by Gasteiger charge is -2.26. The number of aromatic nitrogens is 4. The third-order valence-corrected chi connectivity index (χ3v) is 4.94. The lowest BCUT2D eigenvalue weighted by molar-refractivity contribution is -0.392. The van der Waals surface area contributed by atoms with Crippen molar-refractivity contribution in [2.24, 2.45) is 0 Å². The van der Waals surface area contributed by atoms with Gasteiger partial charge in [-0.2, -0.15) is 0 Å². The minimum absolute atomic E-state index is 0.0146. The standard InChI is InChI=1S/C18H22N6O3/c1-2-22-16(24(25)26)13-19-17(22)18-20-14-5-3-4-6-15(14)23(18)8-7-21-9-11-27-12-10-21/h3-6,13H,2,7-12H2,1H3. The van der Waals surface area contributed by atoms with Crippen molar-refractivity contribution in [3.05, 3.63) is 40.6 Å². The SMILES string of the molecule is CCn1c([N+](=O)[O-])cnc1-c1nc2ccccc2n1CCN1CCOCC1. The summed E-state index contributed by atoms with van der Waals surface area (Å²) in [6.45, 7) is 7.27. The van der Waals surface area contributed by atoms with Crippen LogP contribution in [0.25, 0.3) is 22.7 Å². The highest BCUT2D eigenvalue weighted by Crippen LogP contribution is 2.27. The molecule has 3 aromatic rings. The summed E-state index contributed by atoms with van der Waals surface area (Å²) in [6.07, 6.45) is 1.31. The van der Waals surface area contributed by atoms with Crippen molar-refractivity contribution >= 4 is 16.9 Å². The number of benzene rings is 1. The monoisotopic (exact) mass is 370 g/mol. The molecule has 27 heavy (non-hydrogen) atoms. The van der Waals surface area contributed by atoms with E-state index in [1.165, 1.54) is 6.20 Å². The fourth-order valence-corrected chi connectivity index (χ4v) is 3.54. The van der Waals surface area contributed by atoms with Crippen LogP contribution in [0.3, 0.4) is 0 Å². The lowest BCUT2D eigenvalue weighted by atomic mass is 10.3. The van der Waals surface area contributed by atoms with E-state index >= 15 is 0 Å². The van der Waals surface area contributed by atoms with Gasteiger partial charge in [0.15, 0.2) is 0 Å². The Hall–Kier alpha value is -2.78. The highest BCUT2D eigenvalue weighted by molar-refractivity contribution is 5.79. The van der Waals surface area contributed by atoms with E-state index in [4.69, 9.17) is 9.72 Å². The Bertz CT molecular complexity index is 957. The molecule has 0 spiro atoms. The summed E-state index contributed by atoms with van der Waals surface area (Å²) in [4.78, 5) is 22.3. The molecule has 1 saturated heterocycles. The summed E-state index contributed by atoms with van der Waals surface area (Å²) in [6, 6.07) is 7.91. The van der Waals surface area contributed by atoms with Crippen LogP contribution < -0.4 is 0 Å². The zero-order valence-corrected chi connectivity index (χ0v) is 15.2. The zero-order valence-electron chi connectivity index (χ0n) is 15.2. The van der Waals surface area contributed by atoms with Gasteiger partial charge in [0.1, 0.15) is 6.20 Å². The third kappa shape index (κ3) is 3.31. The number of morpholine rings is 1. The van der Waals surface area contributed by atoms with Crippen molar-refractivity contribution in [2.75, 3.05) is 32.8 Å². The van der Waals surface area contributed by atoms with Crippen LogP contribution >= 0.6 is 0 Å². The summed E-state index contributed by atoms with van der Waals surface area (Å²) in [7, 11) is 0. The second-order valence-corrected chi connectivity index (χ2v) is 6.47. The van der Waals surface area contributed by atoms with Crippen molar-refractivity contribution in [1.29, 1.82) is 0 Å². The minimum Gasteiger partial charge on any atom is -0.379 e. The molecule has 0 aliphatic carbocycles. The number of hydrogen-bond acceptors (Lipinski definition) is 6. The highest BCUT2D eigenvalue weighted by Gasteiger charge is 2.25. The fourth-order valence-electron chi connectivity index (χ4n) is 3.54. The molecule has 0 radical (unpaired) electrons. The van der Waals surface area contributed by atoms with Gasteiger partial charge in [0.05, 0.1) is 30.8 Å². The molecule has 0 atom stereocenters. The van der Waals surface area contributed by atoms with Crippen LogP contribution in [0.5, 0.6) is 0 Å². The van der Waals surface area contributed by atoms with E-state index in [0.717, 1.165) is 50.4 Å². The molecule has 0 amide bonds. The first-order valence-electron chi connectivity index (χ1n) is 9.14. The summed E-state index contributed by atoms with van der Waals surface area (Å²) >= 11 is 0. The molecule has 3 heterocycles. The van der Waals surface area contributed by atoms with Gasteiger partial charge in [-0.25, -0.2) is 14.5 Å². The Kier molecular flexibility index (Phi) is 4.87. The van der Waals surface area contributed by atoms with Gasteiger partial charge in [0.2, 0.25) is 5.82 Å². The van der Waals surface area contributed by atoms with Crippen LogP contribution in [-0.2, 0) is 17.8 Å². The van der Waals surface area contributed by atoms with E-state index in [1.807, 2.05) is 31.2 Å². The molecule has 9 heteroatoms.